The smallest absolute Gasteiger partial charge is 0.261 e. The third-order valence-electron chi connectivity index (χ3n) is 4.12. The number of rotatable bonds is 1. The minimum absolute atomic E-state index is 0.00380. The largest absolute Gasteiger partial charge is 0.382 e. The summed E-state index contributed by atoms with van der Waals surface area (Å²) >= 11 is 0. The van der Waals surface area contributed by atoms with Crippen molar-refractivity contribution in [2.24, 2.45) is 5.92 Å². The number of hydrogen-bond acceptors (Lipinski definition) is 4. The summed E-state index contributed by atoms with van der Waals surface area (Å²) in [6.45, 7) is 0. The lowest BCUT2D eigenvalue weighted by molar-refractivity contribution is 0.353. The number of nitrogens with two attached hydrogens (primary N) is 1. The van der Waals surface area contributed by atoms with Gasteiger partial charge < -0.3 is 10.7 Å². The van der Waals surface area contributed by atoms with Crippen molar-refractivity contribution < 1.29 is 0 Å². The van der Waals surface area contributed by atoms with Crippen LogP contribution in [0.25, 0.3) is 10.9 Å². The van der Waals surface area contributed by atoms with E-state index >= 15 is 0 Å². The Morgan fingerprint density at radius 1 is 1.40 bits per heavy atom. The van der Waals surface area contributed by atoms with Crippen molar-refractivity contribution >= 4 is 16.7 Å². The molecule has 0 aliphatic heterocycles. The molecule has 0 bridgehead atoms. The van der Waals surface area contributed by atoms with Gasteiger partial charge in [0.1, 0.15) is 5.39 Å². The van der Waals surface area contributed by atoms with Gasteiger partial charge >= 0.3 is 0 Å². The maximum absolute atomic E-state index is 11.9. The molecule has 1 saturated carbocycles. The zero-order valence-corrected chi connectivity index (χ0v) is 11.2. The van der Waals surface area contributed by atoms with Gasteiger partial charge in [-0.3, -0.25) is 9.48 Å². The van der Waals surface area contributed by atoms with Crippen molar-refractivity contribution in [1.29, 1.82) is 5.26 Å². The third kappa shape index (κ3) is 1.95. The zero-order chi connectivity index (χ0) is 14.1. The summed E-state index contributed by atoms with van der Waals surface area (Å²) in [7, 11) is 0. The van der Waals surface area contributed by atoms with E-state index in [-0.39, 0.29) is 23.3 Å². The Kier molecular flexibility index (Phi) is 3.18. The van der Waals surface area contributed by atoms with Crippen LogP contribution in [-0.4, -0.2) is 14.8 Å². The van der Waals surface area contributed by atoms with Crippen molar-refractivity contribution in [3.63, 3.8) is 0 Å². The van der Waals surface area contributed by atoms with Gasteiger partial charge in [0, 0.05) is 6.20 Å². The van der Waals surface area contributed by atoms with Crippen LogP contribution in [0.5, 0.6) is 0 Å². The number of H-pyrrole nitrogens is 1. The first-order valence-electron chi connectivity index (χ1n) is 6.97. The fourth-order valence-electron chi connectivity index (χ4n) is 3.11. The molecule has 0 amide bonds. The summed E-state index contributed by atoms with van der Waals surface area (Å²) in [6.07, 6.45) is 6.68. The van der Waals surface area contributed by atoms with E-state index in [0.717, 1.165) is 37.6 Å². The van der Waals surface area contributed by atoms with Crippen molar-refractivity contribution in [2.75, 3.05) is 5.73 Å². The molecular formula is C14H17N5O. The number of hydrogen-bond donors (Lipinski definition) is 2. The predicted octanol–water partition coefficient (Wildman–Crippen LogP) is 1.95. The summed E-state index contributed by atoms with van der Waals surface area (Å²) < 4.78 is 1.79. The van der Waals surface area contributed by atoms with Crippen LogP contribution in [0.3, 0.4) is 0 Å². The minimum atomic E-state index is -0.228. The van der Waals surface area contributed by atoms with E-state index in [0.29, 0.717) is 5.39 Å². The van der Waals surface area contributed by atoms with E-state index in [9.17, 15) is 10.1 Å². The molecule has 2 aromatic heterocycles. The van der Waals surface area contributed by atoms with E-state index in [1.54, 1.807) is 16.9 Å². The summed E-state index contributed by atoms with van der Waals surface area (Å²) in [5, 5.41) is 14.2. The van der Waals surface area contributed by atoms with Gasteiger partial charge in [0.05, 0.1) is 23.5 Å². The topological polar surface area (TPSA) is 100 Å². The molecule has 0 aromatic carbocycles. The number of nitriles is 1. The highest BCUT2D eigenvalue weighted by atomic mass is 16.1. The van der Waals surface area contributed by atoms with E-state index in [1.807, 2.05) is 0 Å². The molecule has 1 fully saturated rings. The molecule has 20 heavy (non-hydrogen) atoms. The molecule has 1 aliphatic carbocycles. The monoisotopic (exact) mass is 271 g/mol. The molecule has 3 rings (SSSR count). The average Bonchev–Trinajstić information content (AvgIpc) is 2.64. The summed E-state index contributed by atoms with van der Waals surface area (Å²) in [5.41, 5.74) is 6.37. The molecule has 0 spiro atoms. The van der Waals surface area contributed by atoms with Gasteiger partial charge in [-0.05, 0) is 18.9 Å². The van der Waals surface area contributed by atoms with Crippen LogP contribution in [0.15, 0.2) is 17.1 Å². The van der Waals surface area contributed by atoms with E-state index < -0.39 is 0 Å². The number of anilines is 1. The highest BCUT2D eigenvalue weighted by Gasteiger charge is 2.28. The van der Waals surface area contributed by atoms with Crippen LogP contribution in [0, 0.1) is 17.2 Å². The Bertz CT molecular complexity index is 723. The first kappa shape index (κ1) is 12.7. The summed E-state index contributed by atoms with van der Waals surface area (Å²) in [4.78, 5) is 14.5. The quantitative estimate of drug-likeness (QED) is 0.774. The van der Waals surface area contributed by atoms with Crippen LogP contribution in [0.1, 0.15) is 38.1 Å². The van der Waals surface area contributed by atoms with Gasteiger partial charge in [0.2, 0.25) is 0 Å². The molecule has 0 radical (unpaired) electrons. The van der Waals surface area contributed by atoms with Crippen LogP contribution in [0.2, 0.25) is 0 Å². The van der Waals surface area contributed by atoms with Gasteiger partial charge in [0.15, 0.2) is 5.82 Å². The van der Waals surface area contributed by atoms with E-state index in [1.165, 1.54) is 0 Å². The van der Waals surface area contributed by atoms with Gasteiger partial charge in [0.25, 0.3) is 5.56 Å². The molecule has 6 heteroatoms. The Labute approximate surface area is 116 Å². The molecule has 104 valence electrons. The number of pyridine rings is 1. The Morgan fingerprint density at radius 2 is 2.20 bits per heavy atom. The van der Waals surface area contributed by atoms with Crippen LogP contribution >= 0.6 is 0 Å². The fourth-order valence-corrected chi connectivity index (χ4v) is 3.11. The Balaban J connectivity index is 2.16. The number of aromatic amines is 1. The minimum Gasteiger partial charge on any atom is -0.382 e. The number of aromatic nitrogens is 3. The summed E-state index contributed by atoms with van der Waals surface area (Å²) in [5.74, 6) is 0.169. The molecule has 6 nitrogen and oxygen atoms in total. The maximum Gasteiger partial charge on any atom is 0.261 e. The van der Waals surface area contributed by atoms with Crippen molar-refractivity contribution in [1.82, 2.24) is 14.8 Å². The van der Waals surface area contributed by atoms with Crippen molar-refractivity contribution in [3.05, 3.63) is 22.6 Å². The van der Waals surface area contributed by atoms with Crippen LogP contribution < -0.4 is 11.3 Å². The van der Waals surface area contributed by atoms with E-state index in [4.69, 9.17) is 5.73 Å². The van der Waals surface area contributed by atoms with Crippen molar-refractivity contribution in [2.45, 2.75) is 38.1 Å². The molecule has 0 saturated heterocycles. The lowest BCUT2D eigenvalue weighted by atomic mass is 9.96. The molecule has 2 atom stereocenters. The van der Waals surface area contributed by atoms with Crippen molar-refractivity contribution in [3.8, 4) is 6.07 Å². The highest BCUT2D eigenvalue weighted by molar-refractivity contribution is 5.88. The molecule has 3 N–H and O–H groups in total. The molecular weight excluding hydrogens is 254 g/mol. The second kappa shape index (κ2) is 5.00. The SMILES string of the molecule is N#CC1CCCCCC1n1nc(N)c2c(=O)[nH]ccc21. The first-order valence-corrected chi connectivity index (χ1v) is 6.97. The first-order chi connectivity index (χ1) is 9.72. The number of nitrogens with one attached hydrogen (secondary N) is 1. The molecule has 2 heterocycles. The zero-order valence-electron chi connectivity index (χ0n) is 11.2. The Hall–Kier alpha value is -2.29. The van der Waals surface area contributed by atoms with Gasteiger partial charge in [-0.1, -0.05) is 19.3 Å². The number of fused-ring (bicyclic) bond motifs is 1. The van der Waals surface area contributed by atoms with Crippen LogP contribution in [0.4, 0.5) is 5.82 Å². The Morgan fingerprint density at radius 3 is 3.00 bits per heavy atom. The number of nitrogens with zero attached hydrogens (tertiary/aromatic N) is 3. The molecule has 1 aliphatic rings. The van der Waals surface area contributed by atoms with Gasteiger partial charge in [-0.2, -0.15) is 10.4 Å². The van der Waals surface area contributed by atoms with Crippen LogP contribution in [-0.2, 0) is 0 Å². The average molecular weight is 271 g/mol. The molecule has 2 unspecified atom stereocenters. The fraction of sp³-hybridized carbons (Fsp3) is 0.500. The van der Waals surface area contributed by atoms with E-state index in [2.05, 4.69) is 16.2 Å². The normalized spacial score (nSPS) is 23.4. The lowest BCUT2D eigenvalue weighted by Crippen LogP contribution is -2.19. The third-order valence-corrected chi connectivity index (χ3v) is 4.12. The lowest BCUT2D eigenvalue weighted by Gasteiger charge is -2.20. The standard InChI is InChI=1S/C14H17N5O/c15-8-9-4-2-1-3-5-10(9)19-11-6-7-17-14(20)12(11)13(16)18-19/h6-7,9-10H,1-5H2,(H2,16,18)(H,17,20). The second-order valence-corrected chi connectivity index (χ2v) is 5.34. The highest BCUT2D eigenvalue weighted by Crippen LogP contribution is 2.34. The number of nitrogen functional groups attached to an aromatic ring is 1. The summed E-state index contributed by atoms with van der Waals surface area (Å²) in [6, 6.07) is 4.20. The van der Waals surface area contributed by atoms with Gasteiger partial charge in [-0.15, -0.1) is 0 Å². The second-order valence-electron chi connectivity index (χ2n) is 5.34. The van der Waals surface area contributed by atoms with Gasteiger partial charge in [-0.25, -0.2) is 0 Å². The predicted molar refractivity (Wildman–Crippen MR) is 76.0 cm³/mol. The maximum atomic E-state index is 11.9. The molecule has 2 aromatic rings.